The number of likely N-dealkylation sites (tertiary alicyclic amines) is 1. The van der Waals surface area contributed by atoms with Crippen LogP contribution in [0.1, 0.15) is 32.6 Å². The van der Waals surface area contributed by atoms with E-state index < -0.39 is 0 Å². The van der Waals surface area contributed by atoms with Crippen LogP contribution in [0.25, 0.3) is 0 Å². The minimum Gasteiger partial charge on any atom is -0.336 e. The van der Waals surface area contributed by atoms with Gasteiger partial charge in [0.2, 0.25) is 5.91 Å². The Morgan fingerprint density at radius 2 is 2.23 bits per heavy atom. The number of piperidine rings is 1. The van der Waals surface area contributed by atoms with Gasteiger partial charge in [-0.15, -0.1) is 0 Å². The second kappa shape index (κ2) is 6.57. The van der Waals surface area contributed by atoms with Gasteiger partial charge < -0.3 is 10.2 Å². The van der Waals surface area contributed by atoms with Crippen LogP contribution in [0.3, 0.4) is 0 Å². The average Bonchev–Trinajstić information content (AvgIpc) is 2.55. The molecule has 0 spiro atoms. The maximum absolute atomic E-state index is 12.5. The van der Waals surface area contributed by atoms with Gasteiger partial charge in [-0.3, -0.25) is 9.59 Å². The SMILES string of the molecule is CCC1CCCCN1C(=O)C=C1Sc2ccccc2NC1=O. The predicted molar refractivity (Wildman–Crippen MR) is 88.7 cm³/mol. The first-order chi connectivity index (χ1) is 10.7. The first-order valence-electron chi connectivity index (χ1n) is 7.79. The van der Waals surface area contributed by atoms with Crippen LogP contribution >= 0.6 is 11.8 Å². The summed E-state index contributed by atoms with van der Waals surface area (Å²) in [6.07, 6.45) is 5.77. The van der Waals surface area contributed by atoms with Crippen LogP contribution < -0.4 is 5.32 Å². The normalized spacial score (nSPS) is 23.1. The molecule has 4 nitrogen and oxygen atoms in total. The molecule has 1 aromatic carbocycles. The van der Waals surface area contributed by atoms with Crippen molar-refractivity contribution in [3.05, 3.63) is 35.2 Å². The molecular weight excluding hydrogens is 296 g/mol. The Morgan fingerprint density at radius 1 is 1.41 bits per heavy atom. The van der Waals surface area contributed by atoms with Gasteiger partial charge in [0, 0.05) is 23.6 Å². The van der Waals surface area contributed by atoms with Crippen molar-refractivity contribution in [3.8, 4) is 0 Å². The number of thioether (sulfide) groups is 1. The highest BCUT2D eigenvalue weighted by Gasteiger charge is 2.27. The lowest BCUT2D eigenvalue weighted by atomic mass is 10.00. The number of fused-ring (bicyclic) bond motifs is 1. The highest BCUT2D eigenvalue weighted by atomic mass is 32.2. The van der Waals surface area contributed by atoms with E-state index in [-0.39, 0.29) is 11.8 Å². The first-order valence-corrected chi connectivity index (χ1v) is 8.61. The van der Waals surface area contributed by atoms with E-state index in [1.165, 1.54) is 24.3 Å². The van der Waals surface area contributed by atoms with Gasteiger partial charge in [-0.2, -0.15) is 0 Å². The third-order valence-electron chi connectivity index (χ3n) is 4.21. The monoisotopic (exact) mass is 316 g/mol. The topological polar surface area (TPSA) is 49.4 Å². The van der Waals surface area contributed by atoms with Crippen LogP contribution in [0.2, 0.25) is 0 Å². The van der Waals surface area contributed by atoms with E-state index in [4.69, 9.17) is 0 Å². The zero-order valence-electron chi connectivity index (χ0n) is 12.7. The number of nitrogens with zero attached hydrogens (tertiary/aromatic N) is 1. The van der Waals surface area contributed by atoms with Gasteiger partial charge in [0.15, 0.2) is 0 Å². The van der Waals surface area contributed by atoms with E-state index in [1.807, 2.05) is 29.2 Å². The molecular formula is C17H20N2O2S. The van der Waals surface area contributed by atoms with Gasteiger partial charge in [0.05, 0.1) is 10.6 Å². The Morgan fingerprint density at radius 3 is 3.05 bits per heavy atom. The smallest absolute Gasteiger partial charge is 0.262 e. The maximum atomic E-state index is 12.5. The molecule has 5 heteroatoms. The highest BCUT2D eigenvalue weighted by Crippen LogP contribution is 2.37. The van der Waals surface area contributed by atoms with Crippen molar-refractivity contribution in [3.63, 3.8) is 0 Å². The average molecular weight is 316 g/mol. The molecule has 1 saturated heterocycles. The second-order valence-electron chi connectivity index (χ2n) is 5.65. The zero-order chi connectivity index (χ0) is 15.5. The number of amides is 2. The summed E-state index contributed by atoms with van der Waals surface area (Å²) in [6.45, 7) is 2.91. The quantitative estimate of drug-likeness (QED) is 0.851. The molecule has 0 radical (unpaired) electrons. The Labute approximate surface area is 135 Å². The minimum atomic E-state index is -0.192. The Bertz CT molecular complexity index is 627. The van der Waals surface area contributed by atoms with Crippen LogP contribution in [-0.4, -0.2) is 29.3 Å². The van der Waals surface area contributed by atoms with Gasteiger partial charge in [0.1, 0.15) is 0 Å². The molecule has 116 valence electrons. The fourth-order valence-corrected chi connectivity index (χ4v) is 3.93. The lowest BCUT2D eigenvalue weighted by molar-refractivity contribution is -0.129. The standard InChI is InChI=1S/C17H20N2O2S/c1-2-12-7-5-6-10-19(12)16(20)11-15-17(21)18-13-8-3-4-9-14(13)22-15/h3-4,8-9,11-12H,2,5-7,10H2,1H3,(H,18,21). The number of hydrogen-bond donors (Lipinski definition) is 1. The molecule has 0 bridgehead atoms. The van der Waals surface area contributed by atoms with Gasteiger partial charge in [-0.05, 0) is 37.8 Å². The molecule has 0 saturated carbocycles. The molecule has 1 fully saturated rings. The van der Waals surface area contributed by atoms with Gasteiger partial charge in [-0.1, -0.05) is 30.8 Å². The largest absolute Gasteiger partial charge is 0.336 e. The van der Waals surface area contributed by atoms with Crippen molar-refractivity contribution in [2.24, 2.45) is 0 Å². The van der Waals surface area contributed by atoms with Crippen molar-refractivity contribution in [1.29, 1.82) is 0 Å². The highest BCUT2D eigenvalue weighted by molar-refractivity contribution is 8.04. The van der Waals surface area contributed by atoms with Crippen molar-refractivity contribution >= 4 is 29.3 Å². The van der Waals surface area contributed by atoms with Gasteiger partial charge in [-0.25, -0.2) is 0 Å². The molecule has 0 aromatic heterocycles. The molecule has 2 aliphatic rings. The Kier molecular flexibility index (Phi) is 4.52. The number of nitrogens with one attached hydrogen (secondary N) is 1. The molecule has 1 aromatic rings. The van der Waals surface area contributed by atoms with Crippen LogP contribution in [-0.2, 0) is 9.59 Å². The number of carbonyl (C=O) groups excluding carboxylic acids is 2. The summed E-state index contributed by atoms with van der Waals surface area (Å²) >= 11 is 1.37. The molecule has 3 rings (SSSR count). The minimum absolute atomic E-state index is 0.0384. The van der Waals surface area contributed by atoms with Crippen molar-refractivity contribution < 1.29 is 9.59 Å². The molecule has 1 unspecified atom stereocenters. The zero-order valence-corrected chi connectivity index (χ0v) is 13.5. The van der Waals surface area contributed by atoms with Crippen molar-refractivity contribution in [1.82, 2.24) is 4.90 Å². The molecule has 2 amide bonds. The fraction of sp³-hybridized carbons (Fsp3) is 0.412. The number of benzene rings is 1. The van der Waals surface area contributed by atoms with Gasteiger partial charge in [0.25, 0.3) is 5.91 Å². The number of para-hydroxylation sites is 1. The number of hydrogen-bond acceptors (Lipinski definition) is 3. The fourth-order valence-electron chi connectivity index (χ4n) is 3.01. The van der Waals surface area contributed by atoms with Crippen LogP contribution in [0.15, 0.2) is 40.1 Å². The molecule has 0 aliphatic carbocycles. The molecule has 2 aliphatic heterocycles. The summed E-state index contributed by atoms with van der Waals surface area (Å²) in [4.78, 5) is 28.1. The van der Waals surface area contributed by atoms with E-state index in [0.717, 1.165) is 36.4 Å². The van der Waals surface area contributed by atoms with Crippen LogP contribution in [0, 0.1) is 0 Å². The summed E-state index contributed by atoms with van der Waals surface area (Å²) < 4.78 is 0. The van der Waals surface area contributed by atoms with E-state index in [2.05, 4.69) is 12.2 Å². The summed E-state index contributed by atoms with van der Waals surface area (Å²) in [5.41, 5.74) is 0.812. The predicted octanol–water partition coefficient (Wildman–Crippen LogP) is 3.41. The third kappa shape index (κ3) is 3.04. The lowest BCUT2D eigenvalue weighted by Crippen LogP contribution is -2.42. The van der Waals surface area contributed by atoms with Crippen molar-refractivity contribution in [2.45, 2.75) is 43.5 Å². The summed E-state index contributed by atoms with van der Waals surface area (Å²) in [7, 11) is 0. The molecule has 1 atom stereocenters. The van der Waals surface area contributed by atoms with E-state index in [0.29, 0.717) is 10.9 Å². The Balaban J connectivity index is 1.79. The molecule has 22 heavy (non-hydrogen) atoms. The van der Waals surface area contributed by atoms with E-state index in [1.54, 1.807) is 0 Å². The van der Waals surface area contributed by atoms with Crippen LogP contribution in [0.5, 0.6) is 0 Å². The maximum Gasteiger partial charge on any atom is 0.262 e. The summed E-state index contributed by atoms with van der Waals surface area (Å²) in [6, 6.07) is 7.95. The number of anilines is 1. The first kappa shape index (κ1) is 15.2. The summed E-state index contributed by atoms with van der Waals surface area (Å²) in [5.74, 6) is -0.231. The summed E-state index contributed by atoms with van der Waals surface area (Å²) in [5, 5.41) is 2.84. The number of rotatable bonds is 2. The van der Waals surface area contributed by atoms with Crippen molar-refractivity contribution in [2.75, 3.05) is 11.9 Å². The van der Waals surface area contributed by atoms with E-state index in [9.17, 15) is 9.59 Å². The van der Waals surface area contributed by atoms with Gasteiger partial charge >= 0.3 is 0 Å². The molecule has 1 N–H and O–H groups in total. The molecule has 2 heterocycles. The Hall–Kier alpha value is -1.75. The van der Waals surface area contributed by atoms with E-state index >= 15 is 0 Å². The number of carbonyl (C=O) groups is 2. The second-order valence-corrected chi connectivity index (χ2v) is 6.73. The van der Waals surface area contributed by atoms with Crippen LogP contribution in [0.4, 0.5) is 5.69 Å². The third-order valence-corrected chi connectivity index (χ3v) is 5.31. The lowest BCUT2D eigenvalue weighted by Gasteiger charge is -2.34.